The number of ether oxygens (including phenoxy) is 1. The van der Waals surface area contributed by atoms with E-state index in [0.717, 1.165) is 49.5 Å². The van der Waals surface area contributed by atoms with E-state index in [0.29, 0.717) is 5.92 Å². The molecule has 2 aliphatic rings. The van der Waals surface area contributed by atoms with Crippen LogP contribution < -0.4 is 4.74 Å². The fourth-order valence-electron chi connectivity index (χ4n) is 6.60. The Bertz CT molecular complexity index is 685. The lowest BCUT2D eigenvalue weighted by molar-refractivity contribution is 0.187. The SMILES string of the molecule is CCCCCC[C@H](C)Oc1c(F)cc(C2CCC([C@H]3CC[Si@H](CCCCC)CC3)CC2)cc1F. The molecule has 0 unspecified atom stereocenters. The van der Waals surface area contributed by atoms with Gasteiger partial charge in [-0.2, -0.15) is 0 Å². The van der Waals surface area contributed by atoms with Gasteiger partial charge < -0.3 is 4.74 Å². The van der Waals surface area contributed by atoms with Crippen LogP contribution in [0.4, 0.5) is 8.78 Å². The van der Waals surface area contributed by atoms with E-state index in [1.807, 2.05) is 6.92 Å². The highest BCUT2D eigenvalue weighted by Gasteiger charge is 2.32. The number of hydrogen-bond donors (Lipinski definition) is 0. The van der Waals surface area contributed by atoms with Gasteiger partial charge in [0.15, 0.2) is 17.4 Å². The van der Waals surface area contributed by atoms with E-state index in [9.17, 15) is 8.78 Å². The van der Waals surface area contributed by atoms with Gasteiger partial charge in [0.1, 0.15) is 0 Å². The average Bonchev–Trinajstić information content (AvgIpc) is 2.85. The van der Waals surface area contributed by atoms with Gasteiger partial charge in [-0.1, -0.05) is 83.3 Å². The lowest BCUT2D eigenvalue weighted by Crippen LogP contribution is -2.28. The molecule has 4 heteroatoms. The van der Waals surface area contributed by atoms with Crippen LogP contribution in [0.15, 0.2) is 12.1 Å². The quantitative estimate of drug-likeness (QED) is 0.197. The predicted molar refractivity (Wildman–Crippen MR) is 144 cm³/mol. The van der Waals surface area contributed by atoms with E-state index in [2.05, 4.69) is 13.8 Å². The highest BCUT2D eigenvalue weighted by Crippen LogP contribution is 2.44. The second kappa shape index (κ2) is 14.6. The summed E-state index contributed by atoms with van der Waals surface area (Å²) in [6.07, 6.45) is 17.0. The largest absolute Gasteiger partial charge is 0.485 e. The highest BCUT2D eigenvalue weighted by atomic mass is 28.3. The van der Waals surface area contributed by atoms with Crippen LogP contribution in [0.5, 0.6) is 5.75 Å². The summed E-state index contributed by atoms with van der Waals surface area (Å²) < 4.78 is 35.3. The van der Waals surface area contributed by atoms with Crippen LogP contribution >= 0.6 is 0 Å². The van der Waals surface area contributed by atoms with Gasteiger partial charge in [0, 0.05) is 8.80 Å². The second-order valence-corrected chi connectivity index (χ2v) is 14.9. The second-order valence-electron chi connectivity index (χ2n) is 11.5. The third-order valence-corrected chi connectivity index (χ3v) is 12.3. The Kier molecular flexibility index (Phi) is 11.9. The van der Waals surface area contributed by atoms with Crippen LogP contribution in [-0.4, -0.2) is 14.9 Å². The van der Waals surface area contributed by atoms with Crippen LogP contribution in [0.3, 0.4) is 0 Å². The molecular weight excluding hydrogens is 442 g/mol. The molecule has 1 saturated heterocycles. The van der Waals surface area contributed by atoms with Gasteiger partial charge in [0.25, 0.3) is 0 Å². The molecule has 1 aromatic carbocycles. The summed E-state index contributed by atoms with van der Waals surface area (Å²) >= 11 is 0. The summed E-state index contributed by atoms with van der Waals surface area (Å²) in [5.41, 5.74) is 0.837. The maximum Gasteiger partial charge on any atom is 0.191 e. The molecule has 1 saturated carbocycles. The fourth-order valence-corrected chi connectivity index (χ4v) is 10.1. The molecule has 0 radical (unpaired) electrons. The first-order valence-electron chi connectivity index (χ1n) is 14.7. The van der Waals surface area contributed by atoms with Crippen molar-refractivity contribution in [1.29, 1.82) is 0 Å². The van der Waals surface area contributed by atoms with Crippen molar-refractivity contribution in [3.63, 3.8) is 0 Å². The smallest absolute Gasteiger partial charge is 0.191 e. The molecule has 1 atom stereocenters. The third kappa shape index (κ3) is 8.35. The van der Waals surface area contributed by atoms with E-state index in [1.54, 1.807) is 30.3 Å². The Labute approximate surface area is 210 Å². The van der Waals surface area contributed by atoms with Gasteiger partial charge in [0.05, 0.1) is 6.10 Å². The summed E-state index contributed by atoms with van der Waals surface area (Å²) in [4.78, 5) is 0. The van der Waals surface area contributed by atoms with E-state index < -0.39 is 20.4 Å². The molecule has 0 amide bonds. The number of benzene rings is 1. The molecule has 2 fully saturated rings. The lowest BCUT2D eigenvalue weighted by Gasteiger charge is -2.37. The van der Waals surface area contributed by atoms with Crippen LogP contribution in [0.1, 0.15) is 122 Å². The Morgan fingerprint density at radius 2 is 1.41 bits per heavy atom. The summed E-state index contributed by atoms with van der Waals surface area (Å²) in [5, 5.41) is 0. The first-order chi connectivity index (χ1) is 16.5. The number of unbranched alkanes of at least 4 members (excludes halogenated alkanes) is 5. The molecule has 0 spiro atoms. The standard InChI is InChI=1S/C30H50F2OSi/c1-4-6-8-9-11-23(3)33-30-28(31)21-27(22-29(30)32)25-14-12-24(13-15-25)26-16-19-34(20-17-26)18-10-7-5-2/h21-26,34H,4-20H2,1-3H3/t23-,24?,25?,26-,34-/m0/s1. The zero-order valence-corrected chi connectivity index (χ0v) is 23.4. The molecule has 1 aliphatic heterocycles. The predicted octanol–water partition coefficient (Wildman–Crippen LogP) is 9.80. The van der Waals surface area contributed by atoms with Gasteiger partial charge in [-0.3, -0.25) is 0 Å². The summed E-state index contributed by atoms with van der Waals surface area (Å²) in [7, 11) is -0.445. The molecule has 194 valence electrons. The molecule has 0 N–H and O–H groups in total. The fraction of sp³-hybridized carbons (Fsp3) is 0.800. The minimum Gasteiger partial charge on any atom is -0.485 e. The highest BCUT2D eigenvalue weighted by molar-refractivity contribution is 6.58. The van der Waals surface area contributed by atoms with Gasteiger partial charge >= 0.3 is 0 Å². The van der Waals surface area contributed by atoms with Crippen molar-refractivity contribution in [3.05, 3.63) is 29.3 Å². The van der Waals surface area contributed by atoms with E-state index in [-0.39, 0.29) is 11.9 Å². The zero-order valence-electron chi connectivity index (χ0n) is 22.2. The molecular formula is C30H50F2OSi. The summed E-state index contributed by atoms with van der Waals surface area (Å²) in [6, 6.07) is 7.80. The van der Waals surface area contributed by atoms with Crippen molar-refractivity contribution in [3.8, 4) is 5.75 Å². The summed E-state index contributed by atoms with van der Waals surface area (Å²) in [5.74, 6) is 0.820. The van der Waals surface area contributed by atoms with Crippen LogP contribution in [-0.2, 0) is 0 Å². The van der Waals surface area contributed by atoms with E-state index in [4.69, 9.17) is 4.74 Å². The molecule has 3 rings (SSSR count). The van der Waals surface area contributed by atoms with Gasteiger partial charge in [-0.25, -0.2) is 8.78 Å². The van der Waals surface area contributed by atoms with Gasteiger partial charge in [-0.05, 0) is 80.9 Å². The van der Waals surface area contributed by atoms with E-state index in [1.165, 1.54) is 57.8 Å². The van der Waals surface area contributed by atoms with Crippen LogP contribution in [0, 0.1) is 23.5 Å². The van der Waals surface area contributed by atoms with Crippen molar-refractivity contribution in [2.75, 3.05) is 0 Å². The number of rotatable bonds is 13. The molecule has 1 heterocycles. The Morgan fingerprint density at radius 1 is 0.824 bits per heavy atom. The number of hydrogen-bond acceptors (Lipinski definition) is 1. The average molecular weight is 493 g/mol. The topological polar surface area (TPSA) is 9.23 Å². The molecule has 1 nitrogen and oxygen atoms in total. The Balaban J connectivity index is 1.45. The van der Waals surface area contributed by atoms with Crippen LogP contribution in [0.25, 0.3) is 0 Å². The summed E-state index contributed by atoms with van der Waals surface area (Å²) in [6.45, 7) is 6.40. The molecule has 0 bridgehead atoms. The van der Waals surface area contributed by atoms with Crippen molar-refractivity contribution in [1.82, 2.24) is 0 Å². The van der Waals surface area contributed by atoms with Crippen molar-refractivity contribution in [2.45, 2.75) is 141 Å². The maximum atomic E-state index is 14.8. The van der Waals surface area contributed by atoms with Crippen molar-refractivity contribution < 1.29 is 13.5 Å². The van der Waals surface area contributed by atoms with E-state index >= 15 is 0 Å². The molecule has 1 aromatic rings. The van der Waals surface area contributed by atoms with Crippen molar-refractivity contribution >= 4 is 8.80 Å². The molecule has 0 aromatic heterocycles. The first-order valence-corrected chi connectivity index (χ1v) is 17.1. The molecule has 34 heavy (non-hydrogen) atoms. The lowest BCUT2D eigenvalue weighted by atomic mass is 9.72. The number of halogens is 2. The maximum absolute atomic E-state index is 14.8. The minimum absolute atomic E-state index is 0.160. The van der Waals surface area contributed by atoms with Gasteiger partial charge in [0.2, 0.25) is 0 Å². The normalized spacial score (nSPS) is 26.4. The molecule has 1 aliphatic carbocycles. The van der Waals surface area contributed by atoms with Crippen LogP contribution in [0.2, 0.25) is 18.1 Å². The third-order valence-electron chi connectivity index (χ3n) is 8.82. The van der Waals surface area contributed by atoms with Gasteiger partial charge in [-0.15, -0.1) is 0 Å². The Morgan fingerprint density at radius 3 is 2.03 bits per heavy atom. The zero-order chi connectivity index (χ0) is 24.3. The minimum atomic E-state index is -0.524. The first kappa shape index (κ1) is 27.7. The Hall–Kier alpha value is -0.903. The van der Waals surface area contributed by atoms with Crippen molar-refractivity contribution in [2.24, 2.45) is 11.8 Å². The monoisotopic (exact) mass is 492 g/mol.